The van der Waals surface area contributed by atoms with Gasteiger partial charge in [-0.25, -0.2) is 0 Å². The van der Waals surface area contributed by atoms with E-state index in [0.717, 1.165) is 0 Å². The Kier molecular flexibility index (Phi) is 5.45. The number of carbonyl (C=O) groups is 1. The van der Waals surface area contributed by atoms with E-state index in [1.54, 1.807) is 0 Å². The summed E-state index contributed by atoms with van der Waals surface area (Å²) < 4.78 is 21.1. The second-order valence-electron chi connectivity index (χ2n) is 3.17. The van der Waals surface area contributed by atoms with Crippen molar-refractivity contribution in [2.24, 2.45) is 5.92 Å². The zero-order valence-electron chi connectivity index (χ0n) is 8.57. The summed E-state index contributed by atoms with van der Waals surface area (Å²) >= 11 is 0. The Labute approximate surface area is 79.1 Å². The van der Waals surface area contributed by atoms with Crippen LogP contribution in [0.5, 0.6) is 0 Å². The molecule has 5 heteroatoms. The first-order valence-electron chi connectivity index (χ1n) is 4.13. The third-order valence-corrected chi connectivity index (χ3v) is 3.91. The zero-order chi connectivity index (χ0) is 10.5. The van der Waals surface area contributed by atoms with Gasteiger partial charge in [-0.05, 0) is 12.8 Å². The van der Waals surface area contributed by atoms with E-state index < -0.39 is 7.60 Å². The molecule has 0 radical (unpaired) electrons. The van der Waals surface area contributed by atoms with Gasteiger partial charge in [-0.1, -0.05) is 6.92 Å². The van der Waals surface area contributed by atoms with E-state index in [1.165, 1.54) is 21.1 Å². The largest absolute Gasteiger partial charge is 0.330 e. The zero-order valence-corrected chi connectivity index (χ0v) is 9.47. The first-order valence-corrected chi connectivity index (χ1v) is 5.86. The van der Waals surface area contributed by atoms with Gasteiger partial charge in [0.1, 0.15) is 5.78 Å². The van der Waals surface area contributed by atoms with Gasteiger partial charge in [0.2, 0.25) is 0 Å². The minimum Gasteiger partial charge on any atom is -0.312 e. The average molecular weight is 208 g/mol. The molecule has 0 aliphatic rings. The van der Waals surface area contributed by atoms with Crippen LogP contribution in [-0.4, -0.2) is 26.2 Å². The molecule has 13 heavy (non-hydrogen) atoms. The fourth-order valence-electron chi connectivity index (χ4n) is 1.16. The second-order valence-corrected chi connectivity index (χ2v) is 5.49. The van der Waals surface area contributed by atoms with Crippen molar-refractivity contribution in [1.29, 1.82) is 0 Å². The minimum atomic E-state index is -2.95. The number of rotatable bonds is 6. The summed E-state index contributed by atoms with van der Waals surface area (Å²) in [6.07, 6.45) is 0.705. The molecule has 4 nitrogen and oxygen atoms in total. The van der Waals surface area contributed by atoms with Crippen LogP contribution in [0.3, 0.4) is 0 Å². The van der Waals surface area contributed by atoms with Crippen LogP contribution < -0.4 is 0 Å². The molecule has 0 aromatic rings. The van der Waals surface area contributed by atoms with Crippen molar-refractivity contribution >= 4 is 13.4 Å². The van der Waals surface area contributed by atoms with Crippen molar-refractivity contribution in [1.82, 2.24) is 0 Å². The maximum atomic E-state index is 11.6. The monoisotopic (exact) mass is 208 g/mol. The molecule has 0 spiro atoms. The Morgan fingerprint density at radius 3 is 2.15 bits per heavy atom. The molecule has 0 aromatic carbocycles. The summed E-state index contributed by atoms with van der Waals surface area (Å²) in [5.41, 5.74) is 0. The molecule has 0 aromatic heterocycles. The molecule has 0 fully saturated rings. The van der Waals surface area contributed by atoms with Crippen LogP contribution in [0.1, 0.15) is 20.3 Å². The molecule has 78 valence electrons. The van der Waals surface area contributed by atoms with Crippen molar-refractivity contribution in [2.45, 2.75) is 20.3 Å². The maximum Gasteiger partial charge on any atom is 0.330 e. The number of hydrogen-bond donors (Lipinski definition) is 0. The van der Waals surface area contributed by atoms with Crippen LogP contribution >= 0.6 is 7.60 Å². The van der Waals surface area contributed by atoms with E-state index in [0.29, 0.717) is 12.6 Å². The highest BCUT2D eigenvalue weighted by Crippen LogP contribution is 2.48. The summed E-state index contributed by atoms with van der Waals surface area (Å²) in [5, 5.41) is 0. The van der Waals surface area contributed by atoms with Crippen LogP contribution in [0.2, 0.25) is 0 Å². The molecule has 1 atom stereocenters. The van der Waals surface area contributed by atoms with Crippen LogP contribution in [0.25, 0.3) is 0 Å². The fourth-order valence-corrected chi connectivity index (χ4v) is 2.50. The molecule has 0 bridgehead atoms. The molecule has 0 amide bonds. The SMILES string of the molecule is COP(=O)(C[C@@H](C)CC(C)=O)OC. The Morgan fingerprint density at radius 2 is 1.85 bits per heavy atom. The Hall–Kier alpha value is -0.180. The summed E-state index contributed by atoms with van der Waals surface area (Å²) in [6, 6.07) is 0. The molecule has 0 unspecified atom stereocenters. The van der Waals surface area contributed by atoms with Crippen LogP contribution in [0.15, 0.2) is 0 Å². The Morgan fingerprint density at radius 1 is 1.38 bits per heavy atom. The van der Waals surface area contributed by atoms with Gasteiger partial charge in [-0.2, -0.15) is 0 Å². The van der Waals surface area contributed by atoms with Crippen molar-refractivity contribution < 1.29 is 18.4 Å². The van der Waals surface area contributed by atoms with Gasteiger partial charge in [0, 0.05) is 20.6 Å². The van der Waals surface area contributed by atoms with Crippen molar-refractivity contribution in [3.63, 3.8) is 0 Å². The number of ketones is 1. The molecule has 0 heterocycles. The minimum absolute atomic E-state index is 0.0308. The number of carbonyl (C=O) groups excluding carboxylic acids is 1. The van der Waals surface area contributed by atoms with Crippen LogP contribution in [0.4, 0.5) is 0 Å². The summed E-state index contributed by atoms with van der Waals surface area (Å²) in [4.78, 5) is 10.7. The van der Waals surface area contributed by atoms with Gasteiger partial charge >= 0.3 is 7.60 Å². The highest BCUT2D eigenvalue weighted by molar-refractivity contribution is 7.53. The predicted molar refractivity (Wildman–Crippen MR) is 51.0 cm³/mol. The maximum absolute atomic E-state index is 11.6. The van der Waals surface area contributed by atoms with E-state index in [1.807, 2.05) is 6.92 Å². The standard InChI is InChI=1S/C8H17O4P/c1-7(5-8(2)9)6-13(10,11-3)12-4/h7H,5-6H2,1-4H3/t7-/m0/s1. The van der Waals surface area contributed by atoms with Gasteiger partial charge in [0.15, 0.2) is 0 Å². The highest BCUT2D eigenvalue weighted by atomic mass is 31.2. The van der Waals surface area contributed by atoms with Gasteiger partial charge in [-0.3, -0.25) is 4.57 Å². The topological polar surface area (TPSA) is 52.6 Å². The van der Waals surface area contributed by atoms with Gasteiger partial charge in [-0.15, -0.1) is 0 Å². The van der Waals surface area contributed by atoms with Gasteiger partial charge in [0.05, 0.1) is 6.16 Å². The second kappa shape index (κ2) is 5.53. The smallest absolute Gasteiger partial charge is 0.312 e. The molecule has 0 aliphatic heterocycles. The summed E-state index contributed by atoms with van der Waals surface area (Å²) in [5.74, 6) is 0.120. The van der Waals surface area contributed by atoms with E-state index >= 15 is 0 Å². The lowest BCUT2D eigenvalue weighted by Crippen LogP contribution is -2.08. The predicted octanol–water partition coefficient (Wildman–Crippen LogP) is 2.09. The third kappa shape index (κ3) is 5.19. The van der Waals surface area contributed by atoms with E-state index in [9.17, 15) is 9.36 Å². The lowest BCUT2D eigenvalue weighted by molar-refractivity contribution is -0.117. The van der Waals surface area contributed by atoms with Crippen molar-refractivity contribution in [3.8, 4) is 0 Å². The van der Waals surface area contributed by atoms with E-state index in [4.69, 9.17) is 9.05 Å². The Balaban J connectivity index is 4.09. The first-order chi connectivity index (χ1) is 5.93. The fraction of sp³-hybridized carbons (Fsp3) is 0.875. The van der Waals surface area contributed by atoms with Crippen molar-refractivity contribution in [3.05, 3.63) is 0 Å². The first kappa shape index (κ1) is 12.8. The molecule has 0 N–H and O–H groups in total. The van der Waals surface area contributed by atoms with Gasteiger partial charge < -0.3 is 13.8 Å². The normalized spacial score (nSPS) is 14.2. The summed E-state index contributed by atoms with van der Waals surface area (Å²) in [7, 11) is -0.242. The summed E-state index contributed by atoms with van der Waals surface area (Å²) in [6.45, 7) is 3.37. The van der Waals surface area contributed by atoms with Crippen molar-refractivity contribution in [2.75, 3.05) is 20.4 Å². The van der Waals surface area contributed by atoms with Gasteiger partial charge in [0.25, 0.3) is 0 Å². The molecular formula is C8H17O4P. The highest BCUT2D eigenvalue weighted by Gasteiger charge is 2.24. The Bertz CT molecular complexity index is 206. The molecule has 0 saturated heterocycles. The number of hydrogen-bond acceptors (Lipinski definition) is 4. The van der Waals surface area contributed by atoms with E-state index in [-0.39, 0.29) is 11.7 Å². The lowest BCUT2D eigenvalue weighted by atomic mass is 10.1. The quantitative estimate of drug-likeness (QED) is 0.627. The molecular weight excluding hydrogens is 191 g/mol. The average Bonchev–Trinajstić information content (AvgIpc) is 2.02. The molecule has 0 aliphatic carbocycles. The lowest BCUT2D eigenvalue weighted by Gasteiger charge is -2.17. The number of Topliss-reactive ketones (excluding diaryl/α,β-unsaturated/α-hetero) is 1. The van der Waals surface area contributed by atoms with Crippen LogP contribution in [-0.2, 0) is 18.4 Å². The molecule has 0 saturated carbocycles. The molecule has 0 rings (SSSR count). The van der Waals surface area contributed by atoms with E-state index in [2.05, 4.69) is 0 Å². The van der Waals surface area contributed by atoms with Crippen LogP contribution in [0, 0.1) is 5.92 Å². The third-order valence-electron chi connectivity index (χ3n) is 1.73.